The van der Waals surface area contributed by atoms with Gasteiger partial charge in [-0.15, -0.1) is 0 Å². The third-order valence-electron chi connectivity index (χ3n) is 4.79. The van der Waals surface area contributed by atoms with Gasteiger partial charge in [0.15, 0.2) is 0 Å². The van der Waals surface area contributed by atoms with Crippen LogP contribution in [0, 0.1) is 13.8 Å². The zero-order valence-corrected chi connectivity index (χ0v) is 14.7. The molecule has 128 valence electrons. The van der Waals surface area contributed by atoms with Crippen LogP contribution in [-0.2, 0) is 16.0 Å². The highest BCUT2D eigenvalue weighted by atomic mass is 16.5. The fraction of sp³-hybridized carbons (Fsp3) is 0.474. The average Bonchev–Trinajstić information content (AvgIpc) is 2.88. The Morgan fingerprint density at radius 2 is 1.96 bits per heavy atom. The summed E-state index contributed by atoms with van der Waals surface area (Å²) in [6, 6.07) is 10.1. The molecular weight excluding hydrogens is 304 g/mol. The van der Waals surface area contributed by atoms with Gasteiger partial charge < -0.3 is 14.2 Å². The molecule has 24 heavy (non-hydrogen) atoms. The summed E-state index contributed by atoms with van der Waals surface area (Å²) in [6.07, 6.45) is 0.216. The molecule has 1 aromatic carbocycles. The average molecular weight is 328 g/mol. The maximum Gasteiger partial charge on any atom is 0.227 e. The fourth-order valence-electron chi connectivity index (χ4n) is 3.50. The Hall–Kier alpha value is -2.14. The van der Waals surface area contributed by atoms with Gasteiger partial charge in [-0.05, 0) is 33.3 Å². The van der Waals surface area contributed by atoms with Crippen molar-refractivity contribution in [1.82, 2.24) is 10.1 Å². The van der Waals surface area contributed by atoms with Crippen molar-refractivity contribution in [2.45, 2.75) is 52.3 Å². The van der Waals surface area contributed by atoms with Crippen molar-refractivity contribution < 1.29 is 14.1 Å². The minimum Gasteiger partial charge on any atom is -0.369 e. The Morgan fingerprint density at radius 3 is 2.58 bits per heavy atom. The number of aryl methyl sites for hydroxylation is 2. The number of ether oxygens (including phenoxy) is 1. The Bertz CT molecular complexity index is 691. The van der Waals surface area contributed by atoms with Crippen LogP contribution in [0.2, 0.25) is 0 Å². The first-order chi connectivity index (χ1) is 11.5. The molecule has 1 aliphatic heterocycles. The second-order valence-corrected chi connectivity index (χ2v) is 6.53. The number of carbonyl (C=O) groups excluding carboxylic acids is 1. The number of nitrogens with zero attached hydrogens (tertiary/aromatic N) is 2. The SMILES string of the molecule is Cc1noc(C)c1CC(=O)N1C(C)COC(c2ccccc2)C1C. The highest BCUT2D eigenvalue weighted by molar-refractivity contribution is 5.80. The summed E-state index contributed by atoms with van der Waals surface area (Å²) in [5, 5.41) is 3.94. The fourth-order valence-corrected chi connectivity index (χ4v) is 3.50. The predicted molar refractivity (Wildman–Crippen MR) is 90.6 cm³/mol. The molecular formula is C19H24N2O3. The van der Waals surface area contributed by atoms with Crippen molar-refractivity contribution in [3.8, 4) is 0 Å². The highest BCUT2D eigenvalue weighted by Crippen LogP contribution is 2.31. The lowest BCUT2D eigenvalue weighted by Gasteiger charge is -2.44. The molecule has 0 N–H and O–H groups in total. The van der Waals surface area contributed by atoms with Crippen LogP contribution in [0.3, 0.4) is 0 Å². The van der Waals surface area contributed by atoms with Gasteiger partial charge in [-0.1, -0.05) is 35.5 Å². The van der Waals surface area contributed by atoms with Gasteiger partial charge in [0.05, 0.1) is 30.8 Å². The van der Waals surface area contributed by atoms with E-state index in [2.05, 4.69) is 12.1 Å². The number of benzene rings is 1. The third-order valence-corrected chi connectivity index (χ3v) is 4.79. The van der Waals surface area contributed by atoms with Crippen LogP contribution in [-0.4, -0.2) is 34.7 Å². The number of amides is 1. The van der Waals surface area contributed by atoms with Gasteiger partial charge in [0, 0.05) is 5.56 Å². The van der Waals surface area contributed by atoms with Crippen LogP contribution >= 0.6 is 0 Å². The third kappa shape index (κ3) is 3.08. The van der Waals surface area contributed by atoms with Crippen molar-refractivity contribution in [3.05, 3.63) is 52.9 Å². The van der Waals surface area contributed by atoms with Crippen LogP contribution in [0.1, 0.15) is 42.5 Å². The molecule has 2 heterocycles. The van der Waals surface area contributed by atoms with Gasteiger partial charge >= 0.3 is 0 Å². The van der Waals surface area contributed by atoms with Gasteiger partial charge in [-0.2, -0.15) is 0 Å². The van der Waals surface area contributed by atoms with E-state index < -0.39 is 0 Å². The summed E-state index contributed by atoms with van der Waals surface area (Å²) >= 11 is 0. The van der Waals surface area contributed by atoms with E-state index in [4.69, 9.17) is 9.26 Å². The van der Waals surface area contributed by atoms with E-state index in [-0.39, 0.29) is 24.1 Å². The largest absolute Gasteiger partial charge is 0.369 e. The van der Waals surface area contributed by atoms with Crippen LogP contribution < -0.4 is 0 Å². The number of rotatable bonds is 3. The second-order valence-electron chi connectivity index (χ2n) is 6.53. The van der Waals surface area contributed by atoms with E-state index in [0.29, 0.717) is 18.8 Å². The van der Waals surface area contributed by atoms with Crippen molar-refractivity contribution in [3.63, 3.8) is 0 Å². The minimum absolute atomic E-state index is 0.0240. The standard InChI is InChI=1S/C19H24N2O3/c1-12-11-23-19(16-8-6-5-7-9-16)14(3)21(12)18(22)10-17-13(2)20-24-15(17)4/h5-9,12,14,19H,10-11H2,1-4H3. The van der Waals surface area contributed by atoms with Gasteiger partial charge in [-0.3, -0.25) is 4.79 Å². The summed E-state index contributed by atoms with van der Waals surface area (Å²) in [6.45, 7) is 8.35. The number of aromatic nitrogens is 1. The first-order valence-electron chi connectivity index (χ1n) is 8.38. The zero-order valence-electron chi connectivity index (χ0n) is 14.7. The summed E-state index contributed by atoms with van der Waals surface area (Å²) < 4.78 is 11.2. The van der Waals surface area contributed by atoms with Crippen LogP contribution in [0.4, 0.5) is 0 Å². The topological polar surface area (TPSA) is 55.6 Å². The summed E-state index contributed by atoms with van der Waals surface area (Å²) in [5.74, 6) is 0.808. The lowest BCUT2D eigenvalue weighted by molar-refractivity contribution is -0.152. The van der Waals surface area contributed by atoms with Gasteiger partial charge in [0.2, 0.25) is 5.91 Å². The first kappa shape index (κ1) is 16.7. The molecule has 5 nitrogen and oxygen atoms in total. The quantitative estimate of drug-likeness (QED) is 0.868. The Morgan fingerprint density at radius 1 is 1.25 bits per heavy atom. The molecule has 2 aromatic rings. The Labute approximate surface area is 142 Å². The van der Waals surface area contributed by atoms with Crippen molar-refractivity contribution in [2.24, 2.45) is 0 Å². The molecule has 0 bridgehead atoms. The smallest absolute Gasteiger partial charge is 0.227 e. The molecule has 3 unspecified atom stereocenters. The normalized spacial score (nSPS) is 24.2. The zero-order chi connectivity index (χ0) is 17.3. The predicted octanol–water partition coefficient (Wildman–Crippen LogP) is 3.21. The van der Waals surface area contributed by atoms with Gasteiger partial charge in [0.25, 0.3) is 0 Å². The molecule has 0 spiro atoms. The Kier molecular flexibility index (Phi) is 4.71. The molecule has 1 amide bonds. The molecule has 5 heteroatoms. The lowest BCUT2D eigenvalue weighted by atomic mass is 9.97. The lowest BCUT2D eigenvalue weighted by Crippen LogP contribution is -2.54. The molecule has 1 fully saturated rings. The van der Waals surface area contributed by atoms with E-state index in [1.807, 2.05) is 56.0 Å². The maximum atomic E-state index is 13.0. The van der Waals surface area contributed by atoms with E-state index in [1.165, 1.54) is 0 Å². The molecule has 0 radical (unpaired) electrons. The highest BCUT2D eigenvalue weighted by Gasteiger charge is 2.37. The van der Waals surface area contributed by atoms with Gasteiger partial charge in [-0.25, -0.2) is 0 Å². The first-order valence-corrected chi connectivity index (χ1v) is 8.38. The van der Waals surface area contributed by atoms with E-state index in [0.717, 1.165) is 16.8 Å². The van der Waals surface area contributed by atoms with E-state index in [9.17, 15) is 4.79 Å². The number of morpholine rings is 1. The van der Waals surface area contributed by atoms with E-state index >= 15 is 0 Å². The molecule has 0 saturated carbocycles. The molecule has 1 aromatic heterocycles. The minimum atomic E-state index is -0.101. The number of hydrogen-bond acceptors (Lipinski definition) is 4. The maximum absolute atomic E-state index is 13.0. The monoisotopic (exact) mass is 328 g/mol. The van der Waals surface area contributed by atoms with Crippen molar-refractivity contribution in [1.29, 1.82) is 0 Å². The van der Waals surface area contributed by atoms with Crippen LogP contribution in [0.5, 0.6) is 0 Å². The summed E-state index contributed by atoms with van der Waals surface area (Å²) in [4.78, 5) is 14.9. The Balaban J connectivity index is 1.81. The molecule has 3 rings (SSSR count). The molecule has 0 aliphatic carbocycles. The van der Waals surface area contributed by atoms with Crippen molar-refractivity contribution in [2.75, 3.05) is 6.61 Å². The molecule has 1 aliphatic rings. The van der Waals surface area contributed by atoms with Crippen molar-refractivity contribution >= 4 is 5.91 Å². The van der Waals surface area contributed by atoms with E-state index in [1.54, 1.807) is 0 Å². The molecule has 1 saturated heterocycles. The summed E-state index contributed by atoms with van der Waals surface area (Å²) in [7, 11) is 0. The number of carbonyl (C=O) groups is 1. The van der Waals surface area contributed by atoms with Crippen LogP contribution in [0.25, 0.3) is 0 Å². The van der Waals surface area contributed by atoms with Gasteiger partial charge in [0.1, 0.15) is 11.9 Å². The summed E-state index contributed by atoms with van der Waals surface area (Å²) in [5.41, 5.74) is 2.78. The van der Waals surface area contributed by atoms with Crippen LogP contribution in [0.15, 0.2) is 34.9 Å². The molecule has 3 atom stereocenters. The second kappa shape index (κ2) is 6.77. The number of hydrogen-bond donors (Lipinski definition) is 0.